The average Bonchev–Trinajstić information content (AvgIpc) is 2.84. The van der Waals surface area contributed by atoms with Crippen molar-refractivity contribution in [1.29, 1.82) is 0 Å². The SMILES string of the molecule is CN(C)CCc1c(-c2ccccc2)sc2ccc(Cl)cc12. The van der Waals surface area contributed by atoms with E-state index in [4.69, 9.17) is 11.6 Å². The van der Waals surface area contributed by atoms with Gasteiger partial charge in [-0.25, -0.2) is 0 Å². The zero-order chi connectivity index (χ0) is 14.8. The maximum absolute atomic E-state index is 6.20. The Balaban J connectivity index is 2.16. The van der Waals surface area contributed by atoms with Gasteiger partial charge in [-0.2, -0.15) is 0 Å². The van der Waals surface area contributed by atoms with Gasteiger partial charge >= 0.3 is 0 Å². The summed E-state index contributed by atoms with van der Waals surface area (Å²) >= 11 is 8.06. The minimum absolute atomic E-state index is 0.811. The second kappa shape index (κ2) is 6.18. The second-order valence-corrected chi connectivity index (χ2v) is 6.96. The van der Waals surface area contributed by atoms with Crippen molar-refractivity contribution < 1.29 is 0 Å². The van der Waals surface area contributed by atoms with E-state index in [2.05, 4.69) is 61.5 Å². The molecule has 0 saturated carbocycles. The van der Waals surface area contributed by atoms with Crippen molar-refractivity contribution >= 4 is 33.0 Å². The fraction of sp³-hybridized carbons (Fsp3) is 0.222. The van der Waals surface area contributed by atoms with Gasteiger partial charge in [-0.05, 0) is 55.2 Å². The van der Waals surface area contributed by atoms with Gasteiger partial charge in [-0.3, -0.25) is 0 Å². The van der Waals surface area contributed by atoms with Gasteiger partial charge in [0.05, 0.1) is 0 Å². The Bertz CT molecular complexity index is 747. The summed E-state index contributed by atoms with van der Waals surface area (Å²) in [5, 5.41) is 2.11. The third-order valence-corrected chi connectivity index (χ3v) is 5.10. The van der Waals surface area contributed by atoms with Crippen LogP contribution in [0.5, 0.6) is 0 Å². The number of hydrogen-bond donors (Lipinski definition) is 0. The third-order valence-electron chi connectivity index (χ3n) is 3.60. The molecule has 0 fully saturated rings. The van der Waals surface area contributed by atoms with Crippen LogP contribution in [0.2, 0.25) is 5.02 Å². The Morgan fingerprint density at radius 2 is 1.81 bits per heavy atom. The van der Waals surface area contributed by atoms with Crippen molar-refractivity contribution in [2.75, 3.05) is 20.6 Å². The molecule has 0 radical (unpaired) electrons. The summed E-state index contributed by atoms with van der Waals surface area (Å²) in [7, 11) is 4.23. The molecule has 0 amide bonds. The largest absolute Gasteiger partial charge is 0.309 e. The Morgan fingerprint density at radius 1 is 1.05 bits per heavy atom. The van der Waals surface area contributed by atoms with Crippen LogP contribution in [-0.4, -0.2) is 25.5 Å². The lowest BCUT2D eigenvalue weighted by Gasteiger charge is -2.10. The monoisotopic (exact) mass is 315 g/mol. The van der Waals surface area contributed by atoms with E-state index >= 15 is 0 Å². The molecule has 2 aromatic carbocycles. The number of benzene rings is 2. The highest BCUT2D eigenvalue weighted by atomic mass is 35.5. The van der Waals surface area contributed by atoms with Crippen LogP contribution in [0.25, 0.3) is 20.5 Å². The molecule has 1 aromatic heterocycles. The fourth-order valence-electron chi connectivity index (χ4n) is 2.53. The minimum atomic E-state index is 0.811. The second-order valence-electron chi connectivity index (χ2n) is 5.47. The zero-order valence-corrected chi connectivity index (χ0v) is 13.8. The molecule has 21 heavy (non-hydrogen) atoms. The molecule has 0 aliphatic heterocycles. The van der Waals surface area contributed by atoms with Crippen molar-refractivity contribution in [2.24, 2.45) is 0 Å². The Hall–Kier alpha value is -1.35. The molecule has 108 valence electrons. The first-order valence-corrected chi connectivity index (χ1v) is 8.25. The number of rotatable bonds is 4. The Labute approximate surface area is 134 Å². The van der Waals surface area contributed by atoms with E-state index in [0.717, 1.165) is 18.0 Å². The molecule has 1 nitrogen and oxygen atoms in total. The fourth-order valence-corrected chi connectivity index (χ4v) is 3.94. The quantitative estimate of drug-likeness (QED) is 0.629. The Kier molecular flexibility index (Phi) is 4.29. The Morgan fingerprint density at radius 3 is 2.52 bits per heavy atom. The van der Waals surface area contributed by atoms with E-state index in [1.165, 1.54) is 26.1 Å². The van der Waals surface area contributed by atoms with E-state index in [1.807, 2.05) is 17.4 Å². The average molecular weight is 316 g/mol. The van der Waals surface area contributed by atoms with Crippen molar-refractivity contribution in [3.05, 3.63) is 59.1 Å². The highest BCUT2D eigenvalue weighted by Crippen LogP contribution is 2.39. The van der Waals surface area contributed by atoms with Gasteiger partial charge in [0.25, 0.3) is 0 Å². The zero-order valence-electron chi connectivity index (χ0n) is 12.3. The van der Waals surface area contributed by atoms with E-state index < -0.39 is 0 Å². The van der Waals surface area contributed by atoms with Crippen LogP contribution in [0.3, 0.4) is 0 Å². The normalized spacial score (nSPS) is 11.4. The summed E-state index contributed by atoms with van der Waals surface area (Å²) in [5.74, 6) is 0. The molecule has 0 bridgehead atoms. The summed E-state index contributed by atoms with van der Waals surface area (Å²) in [6.45, 7) is 1.04. The van der Waals surface area contributed by atoms with Gasteiger partial charge in [0.1, 0.15) is 0 Å². The summed E-state index contributed by atoms with van der Waals surface area (Å²) in [5.41, 5.74) is 2.71. The maximum atomic E-state index is 6.20. The maximum Gasteiger partial charge on any atom is 0.0413 e. The van der Waals surface area contributed by atoms with Crippen LogP contribution in [0.1, 0.15) is 5.56 Å². The summed E-state index contributed by atoms with van der Waals surface area (Å²) in [4.78, 5) is 3.60. The molecule has 0 saturated heterocycles. The molecular weight excluding hydrogens is 298 g/mol. The third kappa shape index (κ3) is 3.13. The number of likely N-dealkylation sites (N-methyl/N-ethyl adjacent to an activating group) is 1. The number of fused-ring (bicyclic) bond motifs is 1. The van der Waals surface area contributed by atoms with Crippen molar-refractivity contribution in [3.63, 3.8) is 0 Å². The number of hydrogen-bond acceptors (Lipinski definition) is 2. The highest BCUT2D eigenvalue weighted by molar-refractivity contribution is 7.22. The van der Waals surface area contributed by atoms with Crippen molar-refractivity contribution in [1.82, 2.24) is 4.90 Å². The van der Waals surface area contributed by atoms with Gasteiger partial charge in [0.15, 0.2) is 0 Å². The predicted octanol–water partition coefficient (Wildman–Crippen LogP) is 5.33. The summed E-state index contributed by atoms with van der Waals surface area (Å²) in [6.07, 6.45) is 1.04. The smallest absolute Gasteiger partial charge is 0.0413 e. The first-order chi connectivity index (χ1) is 10.1. The van der Waals surface area contributed by atoms with Crippen LogP contribution >= 0.6 is 22.9 Å². The summed E-state index contributed by atoms with van der Waals surface area (Å²) < 4.78 is 1.31. The van der Waals surface area contributed by atoms with Gasteiger partial charge < -0.3 is 4.90 Å². The van der Waals surface area contributed by atoms with Gasteiger partial charge in [0, 0.05) is 21.1 Å². The first-order valence-electron chi connectivity index (χ1n) is 7.06. The first kappa shape index (κ1) is 14.6. The number of nitrogens with zero attached hydrogens (tertiary/aromatic N) is 1. The molecule has 0 unspecified atom stereocenters. The van der Waals surface area contributed by atoms with Crippen LogP contribution in [0, 0.1) is 0 Å². The summed E-state index contributed by atoms with van der Waals surface area (Å²) in [6, 6.07) is 16.8. The van der Waals surface area contributed by atoms with Gasteiger partial charge in [-0.15, -0.1) is 11.3 Å². The van der Waals surface area contributed by atoms with Gasteiger partial charge in [-0.1, -0.05) is 41.9 Å². The molecule has 3 rings (SSSR count). The molecule has 0 atom stereocenters. The van der Waals surface area contributed by atoms with E-state index in [0.29, 0.717) is 0 Å². The topological polar surface area (TPSA) is 3.24 Å². The van der Waals surface area contributed by atoms with E-state index in [9.17, 15) is 0 Å². The highest BCUT2D eigenvalue weighted by Gasteiger charge is 2.14. The van der Waals surface area contributed by atoms with E-state index in [-0.39, 0.29) is 0 Å². The minimum Gasteiger partial charge on any atom is -0.309 e. The van der Waals surface area contributed by atoms with Crippen LogP contribution in [0.4, 0.5) is 0 Å². The van der Waals surface area contributed by atoms with E-state index in [1.54, 1.807) is 0 Å². The predicted molar refractivity (Wildman–Crippen MR) is 94.5 cm³/mol. The van der Waals surface area contributed by atoms with Crippen molar-refractivity contribution in [2.45, 2.75) is 6.42 Å². The van der Waals surface area contributed by atoms with Crippen molar-refractivity contribution in [3.8, 4) is 10.4 Å². The molecule has 3 aromatic rings. The standard InChI is InChI=1S/C18H18ClNS/c1-20(2)11-10-15-16-12-14(19)8-9-17(16)21-18(15)13-6-4-3-5-7-13/h3-9,12H,10-11H2,1-2H3. The van der Waals surface area contributed by atoms with Gasteiger partial charge in [0.2, 0.25) is 0 Å². The molecule has 0 N–H and O–H groups in total. The molecule has 0 spiro atoms. The lowest BCUT2D eigenvalue weighted by atomic mass is 10.0. The lowest BCUT2D eigenvalue weighted by molar-refractivity contribution is 0.414. The molecule has 3 heteroatoms. The molecule has 0 aliphatic rings. The number of thiophene rings is 1. The molecule has 0 aliphatic carbocycles. The van der Waals surface area contributed by atoms with Crippen LogP contribution in [-0.2, 0) is 6.42 Å². The van der Waals surface area contributed by atoms with Crippen LogP contribution in [0.15, 0.2) is 48.5 Å². The lowest BCUT2D eigenvalue weighted by Crippen LogP contribution is -2.15. The molecule has 1 heterocycles. The van der Waals surface area contributed by atoms with Crippen LogP contribution < -0.4 is 0 Å². The number of halogens is 1. The molecular formula is C18H18ClNS.